The van der Waals surface area contributed by atoms with Crippen molar-refractivity contribution in [1.29, 1.82) is 0 Å². The third-order valence-corrected chi connectivity index (χ3v) is 3.55. The number of nitrogens with two attached hydrogens (primary N) is 1. The number of alkyl carbamates (subject to hydrolysis) is 1. The molecule has 0 saturated heterocycles. The van der Waals surface area contributed by atoms with Crippen molar-refractivity contribution in [3.8, 4) is 0 Å². The van der Waals surface area contributed by atoms with Gasteiger partial charge < -0.3 is 21.1 Å². The Morgan fingerprint density at radius 2 is 1.57 bits per heavy atom. The van der Waals surface area contributed by atoms with Gasteiger partial charge in [0.15, 0.2) is 0 Å². The minimum absolute atomic E-state index is 0.501. The van der Waals surface area contributed by atoms with Crippen LogP contribution in [0.5, 0.6) is 0 Å². The minimum Gasteiger partial charge on any atom is -0.444 e. The molecule has 1 rings (SSSR count). The molecular weight excluding hydrogens is 379 g/mol. The van der Waals surface area contributed by atoms with Crippen molar-refractivity contribution in [2.24, 2.45) is 5.73 Å². The van der Waals surface area contributed by atoms with Crippen LogP contribution in [0.1, 0.15) is 51.8 Å². The van der Waals surface area contributed by atoms with Gasteiger partial charge >= 0.3 is 12.3 Å². The van der Waals surface area contributed by atoms with Crippen LogP contribution in [0.2, 0.25) is 0 Å². The summed E-state index contributed by atoms with van der Waals surface area (Å²) in [7, 11) is 0. The highest BCUT2D eigenvalue weighted by Gasteiger charge is 2.39. The fourth-order valence-electron chi connectivity index (χ4n) is 2.16. The Kier molecular flexibility index (Phi) is 6.71. The van der Waals surface area contributed by atoms with Gasteiger partial charge in [-0.3, -0.25) is 9.59 Å². The van der Waals surface area contributed by atoms with Crippen molar-refractivity contribution in [3.63, 3.8) is 0 Å². The quantitative estimate of drug-likeness (QED) is 0.702. The molecule has 0 aromatic heterocycles. The first-order valence-corrected chi connectivity index (χ1v) is 8.32. The maximum absolute atomic E-state index is 13.4. The van der Waals surface area contributed by atoms with Crippen molar-refractivity contribution in [1.82, 2.24) is 10.6 Å². The van der Waals surface area contributed by atoms with Gasteiger partial charge in [-0.05, 0) is 46.2 Å². The molecule has 0 heterocycles. The molecule has 28 heavy (non-hydrogen) atoms. The average Bonchev–Trinajstić information content (AvgIpc) is 2.49. The molecule has 1 aromatic carbocycles. The van der Waals surface area contributed by atoms with E-state index in [2.05, 4.69) is 10.6 Å². The monoisotopic (exact) mass is 403 g/mol. The van der Waals surface area contributed by atoms with Gasteiger partial charge in [-0.2, -0.15) is 13.2 Å². The lowest BCUT2D eigenvalue weighted by atomic mass is 9.97. The van der Waals surface area contributed by atoms with Crippen LogP contribution in [-0.2, 0) is 20.5 Å². The summed E-state index contributed by atoms with van der Waals surface area (Å²) in [5.74, 6) is -1.95. The molecule has 7 nitrogen and oxygen atoms in total. The van der Waals surface area contributed by atoms with E-state index >= 15 is 0 Å². The van der Waals surface area contributed by atoms with E-state index in [0.29, 0.717) is 0 Å². The van der Waals surface area contributed by atoms with E-state index < -0.39 is 52.4 Å². The largest absolute Gasteiger partial charge is 0.444 e. The number of halogens is 3. The number of rotatable bonds is 5. The van der Waals surface area contributed by atoms with E-state index in [1.165, 1.54) is 19.9 Å². The predicted molar refractivity (Wildman–Crippen MR) is 95.0 cm³/mol. The van der Waals surface area contributed by atoms with Crippen LogP contribution in [0, 0.1) is 0 Å². The van der Waals surface area contributed by atoms with Crippen LogP contribution in [0.3, 0.4) is 0 Å². The maximum atomic E-state index is 13.4. The molecule has 4 N–H and O–H groups in total. The zero-order chi connectivity index (χ0) is 21.9. The number of primary amides is 1. The number of carbonyl (C=O) groups excluding carboxylic acids is 3. The second-order valence-corrected chi connectivity index (χ2v) is 7.64. The standard InChI is InChI=1S/C18H24F3N3O4/c1-16(2,3)28-15(27)23-12(13(25)24-17(4,5)14(22)26)10-8-6-7-9-11(10)18(19,20)21/h6-9,12H,1-5H3,(H2,22,26)(H,23,27)(H,24,25). The van der Waals surface area contributed by atoms with E-state index in [4.69, 9.17) is 10.5 Å². The number of carbonyl (C=O) groups is 3. The van der Waals surface area contributed by atoms with Crippen LogP contribution in [0.25, 0.3) is 0 Å². The molecule has 0 saturated carbocycles. The number of amides is 3. The first kappa shape index (κ1) is 23.3. The van der Waals surface area contributed by atoms with Gasteiger partial charge in [0.25, 0.3) is 0 Å². The number of hydrogen-bond acceptors (Lipinski definition) is 4. The molecule has 1 unspecified atom stereocenters. The summed E-state index contributed by atoms with van der Waals surface area (Å²) in [6, 6.07) is 2.52. The number of hydrogen-bond donors (Lipinski definition) is 3. The molecule has 0 aliphatic carbocycles. The van der Waals surface area contributed by atoms with E-state index in [1.807, 2.05) is 0 Å². The predicted octanol–water partition coefficient (Wildman–Crippen LogP) is 2.65. The molecule has 0 aliphatic heterocycles. The van der Waals surface area contributed by atoms with Crippen LogP contribution in [-0.4, -0.2) is 29.0 Å². The van der Waals surface area contributed by atoms with Crippen molar-refractivity contribution >= 4 is 17.9 Å². The summed E-state index contributed by atoms with van der Waals surface area (Å²) in [6.45, 7) is 7.24. The lowest BCUT2D eigenvalue weighted by Crippen LogP contribution is -2.56. The lowest BCUT2D eigenvalue weighted by Gasteiger charge is -2.28. The SMILES string of the molecule is CC(C)(C)OC(=O)NC(C(=O)NC(C)(C)C(N)=O)c1ccccc1C(F)(F)F. The van der Waals surface area contributed by atoms with Crippen LogP contribution in [0.15, 0.2) is 24.3 Å². The third-order valence-electron chi connectivity index (χ3n) is 3.55. The van der Waals surface area contributed by atoms with Crippen LogP contribution >= 0.6 is 0 Å². The molecule has 0 aliphatic rings. The summed E-state index contributed by atoms with van der Waals surface area (Å²) < 4.78 is 45.2. The molecule has 0 bridgehead atoms. The van der Waals surface area contributed by atoms with Gasteiger partial charge in [-0.25, -0.2) is 4.79 Å². The fourth-order valence-corrected chi connectivity index (χ4v) is 2.16. The first-order valence-electron chi connectivity index (χ1n) is 8.32. The Morgan fingerprint density at radius 3 is 2.04 bits per heavy atom. The second-order valence-electron chi connectivity index (χ2n) is 7.64. The Balaban J connectivity index is 3.36. The van der Waals surface area contributed by atoms with Crippen molar-refractivity contribution in [2.75, 3.05) is 0 Å². The van der Waals surface area contributed by atoms with Crippen molar-refractivity contribution in [2.45, 2.75) is 58.0 Å². The zero-order valence-electron chi connectivity index (χ0n) is 16.2. The average molecular weight is 403 g/mol. The van der Waals surface area contributed by atoms with Gasteiger partial charge in [-0.15, -0.1) is 0 Å². The zero-order valence-corrected chi connectivity index (χ0v) is 16.2. The highest BCUT2D eigenvalue weighted by Crippen LogP contribution is 2.35. The molecule has 3 amide bonds. The van der Waals surface area contributed by atoms with Crippen LogP contribution < -0.4 is 16.4 Å². The van der Waals surface area contributed by atoms with Crippen molar-refractivity contribution in [3.05, 3.63) is 35.4 Å². The second kappa shape index (κ2) is 8.07. The van der Waals surface area contributed by atoms with Gasteiger partial charge in [0.1, 0.15) is 17.2 Å². The van der Waals surface area contributed by atoms with Gasteiger partial charge in [0, 0.05) is 0 Å². The maximum Gasteiger partial charge on any atom is 0.416 e. The number of nitrogens with one attached hydrogen (secondary N) is 2. The smallest absolute Gasteiger partial charge is 0.416 e. The molecule has 10 heteroatoms. The van der Waals surface area contributed by atoms with Gasteiger partial charge in [0.2, 0.25) is 11.8 Å². The lowest BCUT2D eigenvalue weighted by molar-refractivity contribution is -0.139. The molecule has 156 valence electrons. The van der Waals surface area contributed by atoms with Crippen molar-refractivity contribution < 1.29 is 32.3 Å². The summed E-state index contributed by atoms with van der Waals surface area (Å²) in [4.78, 5) is 36.3. The molecule has 0 fully saturated rings. The minimum atomic E-state index is -4.77. The highest BCUT2D eigenvalue weighted by molar-refractivity contribution is 5.93. The third kappa shape index (κ3) is 6.43. The summed E-state index contributed by atoms with van der Waals surface area (Å²) >= 11 is 0. The van der Waals surface area contributed by atoms with Gasteiger partial charge in [0.05, 0.1) is 5.56 Å². The highest BCUT2D eigenvalue weighted by atomic mass is 19.4. The van der Waals surface area contributed by atoms with E-state index in [1.54, 1.807) is 20.8 Å². The Bertz CT molecular complexity index is 755. The topological polar surface area (TPSA) is 111 Å². The Morgan fingerprint density at radius 1 is 1.04 bits per heavy atom. The summed E-state index contributed by atoms with van der Waals surface area (Å²) in [5.41, 5.74) is 1.09. The van der Waals surface area contributed by atoms with E-state index in [0.717, 1.165) is 18.2 Å². The Hall–Kier alpha value is -2.78. The van der Waals surface area contributed by atoms with Crippen LogP contribution in [0.4, 0.5) is 18.0 Å². The fraction of sp³-hybridized carbons (Fsp3) is 0.500. The number of benzene rings is 1. The molecular formula is C18H24F3N3O4. The number of alkyl halides is 3. The van der Waals surface area contributed by atoms with E-state index in [-0.39, 0.29) is 0 Å². The van der Waals surface area contributed by atoms with E-state index in [9.17, 15) is 27.6 Å². The molecule has 0 spiro atoms. The summed E-state index contributed by atoms with van der Waals surface area (Å²) in [5, 5.41) is 4.39. The normalized spacial score (nSPS) is 13.4. The number of ether oxygens (including phenoxy) is 1. The molecule has 0 radical (unpaired) electrons. The molecule has 1 aromatic rings. The first-order chi connectivity index (χ1) is 12.5. The molecule has 1 atom stereocenters. The summed E-state index contributed by atoms with van der Waals surface area (Å²) in [6.07, 6.45) is -5.87. The van der Waals surface area contributed by atoms with Gasteiger partial charge in [-0.1, -0.05) is 18.2 Å². The Labute approximate surface area is 160 Å².